The lowest BCUT2D eigenvalue weighted by atomic mass is 9.88. The van der Waals surface area contributed by atoms with Crippen molar-refractivity contribution in [2.45, 2.75) is 24.9 Å². The molecule has 2 N–H and O–H groups in total. The van der Waals surface area contributed by atoms with Crippen LogP contribution in [0.2, 0.25) is 0 Å². The van der Waals surface area contributed by atoms with Crippen molar-refractivity contribution < 1.29 is 18.0 Å². The SMILES string of the molecule is CNC(=O)c1cc(C2CCNCC2)cc(C(F)(F)F)c1.Cl. The predicted octanol–water partition coefficient (Wildman–Crippen LogP) is 2.95. The number of hydrogen-bond acceptors (Lipinski definition) is 2. The van der Waals surface area contributed by atoms with E-state index in [2.05, 4.69) is 10.6 Å². The van der Waals surface area contributed by atoms with E-state index in [0.717, 1.165) is 32.0 Å². The third kappa shape index (κ3) is 4.35. The lowest BCUT2D eigenvalue weighted by Gasteiger charge is -2.24. The molecule has 1 saturated heterocycles. The molecule has 0 aliphatic carbocycles. The molecule has 3 nitrogen and oxygen atoms in total. The minimum atomic E-state index is -4.44. The van der Waals surface area contributed by atoms with Crippen LogP contribution in [0.5, 0.6) is 0 Å². The summed E-state index contributed by atoms with van der Waals surface area (Å²) in [6, 6.07) is 3.65. The van der Waals surface area contributed by atoms with Crippen molar-refractivity contribution in [3.05, 3.63) is 34.9 Å². The number of benzene rings is 1. The van der Waals surface area contributed by atoms with E-state index in [1.807, 2.05) is 0 Å². The van der Waals surface area contributed by atoms with Crippen molar-refractivity contribution in [2.24, 2.45) is 0 Å². The molecular formula is C14H18ClF3N2O. The van der Waals surface area contributed by atoms with E-state index in [4.69, 9.17) is 0 Å². The Bertz CT molecular complexity index is 499. The van der Waals surface area contributed by atoms with Crippen LogP contribution in [0.4, 0.5) is 13.2 Å². The third-order valence-corrected chi connectivity index (χ3v) is 3.58. The first-order valence-corrected chi connectivity index (χ1v) is 6.57. The lowest BCUT2D eigenvalue weighted by Crippen LogP contribution is -2.27. The van der Waals surface area contributed by atoms with Gasteiger partial charge < -0.3 is 10.6 Å². The van der Waals surface area contributed by atoms with Crippen molar-refractivity contribution in [1.82, 2.24) is 10.6 Å². The highest BCUT2D eigenvalue weighted by Gasteiger charge is 2.32. The maximum absolute atomic E-state index is 12.9. The molecule has 0 bridgehead atoms. The smallest absolute Gasteiger partial charge is 0.355 e. The molecule has 0 unspecified atom stereocenters. The standard InChI is InChI=1S/C14H17F3N2O.ClH/c1-18-13(20)11-6-10(9-2-4-19-5-3-9)7-12(8-11)14(15,16)17;/h6-9,19H,2-5H2,1H3,(H,18,20);1H. The number of alkyl halides is 3. The van der Waals surface area contributed by atoms with Gasteiger partial charge in [-0.3, -0.25) is 4.79 Å². The highest BCUT2D eigenvalue weighted by molar-refractivity contribution is 5.94. The molecule has 21 heavy (non-hydrogen) atoms. The first-order chi connectivity index (χ1) is 9.41. The van der Waals surface area contributed by atoms with Gasteiger partial charge in [-0.1, -0.05) is 0 Å². The van der Waals surface area contributed by atoms with Crippen LogP contribution in [0, 0.1) is 0 Å². The van der Waals surface area contributed by atoms with Gasteiger partial charge in [0.2, 0.25) is 0 Å². The van der Waals surface area contributed by atoms with E-state index >= 15 is 0 Å². The maximum atomic E-state index is 12.9. The number of amides is 1. The summed E-state index contributed by atoms with van der Waals surface area (Å²) < 4.78 is 38.8. The highest BCUT2D eigenvalue weighted by Crippen LogP contribution is 2.34. The summed E-state index contributed by atoms with van der Waals surface area (Å²) in [5.74, 6) is -0.423. The van der Waals surface area contributed by atoms with Gasteiger partial charge in [0.25, 0.3) is 5.91 Å². The summed E-state index contributed by atoms with van der Waals surface area (Å²) in [6.07, 6.45) is -2.87. The van der Waals surface area contributed by atoms with Crippen LogP contribution in [0.15, 0.2) is 18.2 Å². The fourth-order valence-electron chi connectivity index (χ4n) is 2.48. The van der Waals surface area contributed by atoms with Gasteiger partial charge in [-0.2, -0.15) is 13.2 Å². The van der Waals surface area contributed by atoms with Crippen molar-refractivity contribution in [1.29, 1.82) is 0 Å². The predicted molar refractivity (Wildman–Crippen MR) is 76.9 cm³/mol. The Balaban J connectivity index is 0.00000220. The Morgan fingerprint density at radius 3 is 2.38 bits per heavy atom. The summed E-state index contributed by atoms with van der Waals surface area (Å²) in [6.45, 7) is 1.58. The molecule has 118 valence electrons. The molecule has 1 aromatic rings. The molecule has 0 radical (unpaired) electrons. The fraction of sp³-hybridized carbons (Fsp3) is 0.500. The fourth-order valence-corrected chi connectivity index (χ4v) is 2.48. The second kappa shape index (κ2) is 7.13. The molecule has 0 saturated carbocycles. The summed E-state index contributed by atoms with van der Waals surface area (Å²) >= 11 is 0. The van der Waals surface area contributed by atoms with E-state index in [0.29, 0.717) is 5.56 Å². The van der Waals surface area contributed by atoms with Gasteiger partial charge in [-0.05, 0) is 55.6 Å². The Hall–Kier alpha value is -1.27. The Labute approximate surface area is 127 Å². The third-order valence-electron chi connectivity index (χ3n) is 3.58. The zero-order valence-corrected chi connectivity index (χ0v) is 12.4. The van der Waals surface area contributed by atoms with Gasteiger partial charge in [0, 0.05) is 12.6 Å². The minimum absolute atomic E-state index is 0. The second-order valence-electron chi connectivity index (χ2n) is 4.94. The van der Waals surface area contributed by atoms with Crippen LogP contribution in [0.3, 0.4) is 0 Å². The van der Waals surface area contributed by atoms with E-state index in [1.165, 1.54) is 13.1 Å². The average molecular weight is 323 g/mol. The number of carbonyl (C=O) groups is 1. The molecule has 1 aromatic carbocycles. The van der Waals surface area contributed by atoms with Crippen LogP contribution in [0.25, 0.3) is 0 Å². The molecule has 0 spiro atoms. The van der Waals surface area contributed by atoms with E-state index in [1.54, 1.807) is 6.07 Å². The molecule has 1 fully saturated rings. The molecule has 0 atom stereocenters. The summed E-state index contributed by atoms with van der Waals surface area (Å²) in [7, 11) is 1.41. The number of carbonyl (C=O) groups excluding carboxylic acids is 1. The van der Waals surface area contributed by atoms with Gasteiger partial charge in [0.15, 0.2) is 0 Å². The van der Waals surface area contributed by atoms with Crippen LogP contribution < -0.4 is 10.6 Å². The van der Waals surface area contributed by atoms with Crippen molar-refractivity contribution in [3.8, 4) is 0 Å². The summed E-state index contributed by atoms with van der Waals surface area (Å²) in [4.78, 5) is 11.6. The van der Waals surface area contributed by atoms with Crippen LogP contribution in [0.1, 0.15) is 40.2 Å². The quantitative estimate of drug-likeness (QED) is 0.879. The van der Waals surface area contributed by atoms with Gasteiger partial charge >= 0.3 is 6.18 Å². The first kappa shape index (κ1) is 17.8. The Kier molecular flexibility index (Phi) is 6.04. The maximum Gasteiger partial charge on any atom is 0.416 e. The Morgan fingerprint density at radius 2 is 1.86 bits per heavy atom. The Morgan fingerprint density at radius 1 is 1.24 bits per heavy atom. The topological polar surface area (TPSA) is 41.1 Å². The number of halogens is 4. The highest BCUT2D eigenvalue weighted by atomic mass is 35.5. The molecule has 7 heteroatoms. The average Bonchev–Trinajstić information content (AvgIpc) is 2.46. The largest absolute Gasteiger partial charge is 0.416 e. The van der Waals surface area contributed by atoms with E-state index in [-0.39, 0.29) is 23.9 Å². The lowest BCUT2D eigenvalue weighted by molar-refractivity contribution is -0.137. The molecule has 1 amide bonds. The van der Waals surface area contributed by atoms with Gasteiger partial charge in [-0.25, -0.2) is 0 Å². The van der Waals surface area contributed by atoms with Crippen molar-refractivity contribution in [2.75, 3.05) is 20.1 Å². The zero-order valence-electron chi connectivity index (χ0n) is 11.6. The van der Waals surface area contributed by atoms with Gasteiger partial charge in [0.1, 0.15) is 0 Å². The molecule has 1 aliphatic heterocycles. The van der Waals surface area contributed by atoms with Crippen molar-refractivity contribution >= 4 is 18.3 Å². The molecule has 0 aromatic heterocycles. The van der Waals surface area contributed by atoms with Gasteiger partial charge in [0.05, 0.1) is 5.56 Å². The zero-order chi connectivity index (χ0) is 14.8. The van der Waals surface area contributed by atoms with E-state index in [9.17, 15) is 18.0 Å². The monoisotopic (exact) mass is 322 g/mol. The molecule has 1 aliphatic rings. The molecule has 2 rings (SSSR count). The number of rotatable bonds is 2. The second-order valence-corrected chi connectivity index (χ2v) is 4.94. The van der Waals surface area contributed by atoms with Crippen LogP contribution >= 0.6 is 12.4 Å². The molecule has 1 heterocycles. The van der Waals surface area contributed by atoms with Crippen LogP contribution in [-0.4, -0.2) is 26.0 Å². The normalized spacial score (nSPS) is 16.2. The van der Waals surface area contributed by atoms with Crippen LogP contribution in [-0.2, 0) is 6.18 Å². The van der Waals surface area contributed by atoms with Gasteiger partial charge in [-0.15, -0.1) is 12.4 Å². The number of piperidine rings is 1. The summed E-state index contributed by atoms with van der Waals surface area (Å²) in [5, 5.41) is 5.55. The first-order valence-electron chi connectivity index (χ1n) is 6.57. The number of hydrogen-bond donors (Lipinski definition) is 2. The number of nitrogens with one attached hydrogen (secondary N) is 2. The van der Waals surface area contributed by atoms with E-state index < -0.39 is 17.6 Å². The minimum Gasteiger partial charge on any atom is -0.355 e. The van der Waals surface area contributed by atoms with Crippen molar-refractivity contribution in [3.63, 3.8) is 0 Å². The molecular weight excluding hydrogens is 305 g/mol. The summed E-state index contributed by atoms with van der Waals surface area (Å²) in [5.41, 5.74) is -0.0945.